The second-order valence-corrected chi connectivity index (χ2v) is 5.03. The molecule has 8 nitrogen and oxygen atoms in total. The van der Waals surface area contributed by atoms with E-state index >= 15 is 0 Å². The van der Waals surface area contributed by atoms with E-state index in [2.05, 4.69) is 15.4 Å². The Morgan fingerprint density at radius 3 is 3.00 bits per heavy atom. The van der Waals surface area contributed by atoms with Crippen molar-refractivity contribution in [2.45, 2.75) is 25.8 Å². The van der Waals surface area contributed by atoms with Gasteiger partial charge in [0.25, 0.3) is 0 Å². The fourth-order valence-electron chi connectivity index (χ4n) is 2.31. The maximum atomic E-state index is 11.9. The molecule has 0 spiro atoms. The summed E-state index contributed by atoms with van der Waals surface area (Å²) in [5, 5.41) is 15.5. The van der Waals surface area contributed by atoms with E-state index in [9.17, 15) is 9.59 Å². The summed E-state index contributed by atoms with van der Waals surface area (Å²) in [4.78, 5) is 28.2. The number of amides is 2. The molecule has 0 aromatic carbocycles. The number of urea groups is 1. The molecule has 0 radical (unpaired) electrons. The normalized spacial score (nSPS) is 18.2. The van der Waals surface area contributed by atoms with E-state index in [0.717, 1.165) is 6.42 Å². The number of hydrogen-bond donors (Lipinski definition) is 2. The lowest BCUT2D eigenvalue weighted by Crippen LogP contribution is -2.38. The number of aryl methyl sites for hydroxylation is 1. The molecule has 0 saturated carbocycles. The first-order chi connectivity index (χ1) is 9.54. The molecule has 2 rings (SSSR count). The first-order valence-electron chi connectivity index (χ1n) is 6.63. The second-order valence-electron chi connectivity index (χ2n) is 5.03. The minimum absolute atomic E-state index is 0.143. The fourth-order valence-corrected chi connectivity index (χ4v) is 2.31. The first kappa shape index (κ1) is 14.3. The minimum atomic E-state index is -0.783. The number of nitrogens with zero attached hydrogens (tertiary/aromatic N) is 4. The molecule has 0 bridgehead atoms. The Morgan fingerprint density at radius 1 is 1.55 bits per heavy atom. The van der Waals surface area contributed by atoms with Crippen LogP contribution in [0, 0.1) is 5.92 Å². The van der Waals surface area contributed by atoms with Crippen LogP contribution in [0.4, 0.5) is 4.79 Å². The maximum absolute atomic E-state index is 11.9. The third-order valence-corrected chi connectivity index (χ3v) is 3.38. The number of carbonyl (C=O) groups is 2. The average Bonchev–Trinajstić information content (AvgIpc) is 3.02. The molecule has 2 N–H and O–H groups in total. The summed E-state index contributed by atoms with van der Waals surface area (Å²) in [6.07, 6.45) is 3.24. The van der Waals surface area contributed by atoms with Gasteiger partial charge in [0.15, 0.2) is 5.82 Å². The van der Waals surface area contributed by atoms with Crippen LogP contribution < -0.4 is 5.32 Å². The molecule has 1 aliphatic rings. The van der Waals surface area contributed by atoms with Crippen molar-refractivity contribution >= 4 is 12.0 Å². The van der Waals surface area contributed by atoms with Crippen molar-refractivity contribution in [2.75, 3.05) is 13.1 Å². The topological polar surface area (TPSA) is 100 Å². The largest absolute Gasteiger partial charge is 0.481 e. The number of aliphatic carboxylic acids is 1. The number of nitrogens with one attached hydrogen (secondary N) is 1. The summed E-state index contributed by atoms with van der Waals surface area (Å²) in [7, 11) is 1.77. The Morgan fingerprint density at radius 2 is 2.35 bits per heavy atom. The van der Waals surface area contributed by atoms with Crippen LogP contribution in [0.1, 0.15) is 25.1 Å². The van der Waals surface area contributed by atoms with Gasteiger partial charge in [0.1, 0.15) is 6.33 Å². The van der Waals surface area contributed by atoms with Crippen LogP contribution in [0.2, 0.25) is 0 Å². The molecule has 1 aromatic heterocycles. The third-order valence-electron chi connectivity index (χ3n) is 3.38. The maximum Gasteiger partial charge on any atom is 0.317 e. The van der Waals surface area contributed by atoms with Gasteiger partial charge in [-0.1, -0.05) is 0 Å². The molecule has 110 valence electrons. The summed E-state index contributed by atoms with van der Waals surface area (Å²) < 4.78 is 1.58. The summed E-state index contributed by atoms with van der Waals surface area (Å²) >= 11 is 0. The average molecular weight is 281 g/mol. The van der Waals surface area contributed by atoms with Crippen molar-refractivity contribution in [2.24, 2.45) is 13.0 Å². The van der Waals surface area contributed by atoms with Crippen molar-refractivity contribution in [3.8, 4) is 0 Å². The summed E-state index contributed by atoms with van der Waals surface area (Å²) in [6.45, 7) is 1.59. The van der Waals surface area contributed by atoms with E-state index in [-0.39, 0.29) is 18.4 Å². The molecule has 0 aliphatic carbocycles. The zero-order chi connectivity index (χ0) is 14.5. The van der Waals surface area contributed by atoms with E-state index < -0.39 is 5.97 Å². The summed E-state index contributed by atoms with van der Waals surface area (Å²) in [5.74, 6) is 0.0708. The monoisotopic (exact) mass is 281 g/mol. The second kappa shape index (κ2) is 6.36. The van der Waals surface area contributed by atoms with Crippen LogP contribution >= 0.6 is 0 Å². The highest BCUT2D eigenvalue weighted by molar-refractivity contribution is 5.74. The van der Waals surface area contributed by atoms with Crippen LogP contribution in [0.5, 0.6) is 0 Å². The fraction of sp³-hybridized carbons (Fsp3) is 0.667. The lowest BCUT2D eigenvalue weighted by Gasteiger charge is -2.16. The number of aromatic nitrogens is 3. The number of carbonyl (C=O) groups excluding carboxylic acids is 1. The van der Waals surface area contributed by atoms with Crippen molar-refractivity contribution < 1.29 is 14.7 Å². The molecular weight excluding hydrogens is 262 g/mol. The number of rotatable bonds is 5. The van der Waals surface area contributed by atoms with Crippen LogP contribution in [0.25, 0.3) is 0 Å². The highest BCUT2D eigenvalue weighted by Gasteiger charge is 2.26. The van der Waals surface area contributed by atoms with Crippen molar-refractivity contribution in [1.82, 2.24) is 25.0 Å². The molecule has 8 heteroatoms. The molecular formula is C12H19N5O3. The lowest BCUT2D eigenvalue weighted by molar-refractivity contribution is -0.137. The highest BCUT2D eigenvalue weighted by Crippen LogP contribution is 2.20. The van der Waals surface area contributed by atoms with E-state index in [1.165, 1.54) is 0 Å². The standard InChI is InChI=1S/C12H19N5O3/c1-16-8-14-10(15-16)6-13-12(20)17-5-4-9(7-17)2-3-11(18)19/h8-9H,2-7H2,1H3,(H,13,20)(H,18,19). The zero-order valence-corrected chi connectivity index (χ0v) is 11.4. The molecule has 2 heterocycles. The Labute approximate surface area is 116 Å². The number of carboxylic acids is 1. The van der Waals surface area contributed by atoms with Gasteiger partial charge in [0.2, 0.25) is 0 Å². The molecule has 20 heavy (non-hydrogen) atoms. The Hall–Kier alpha value is -2.12. The molecule has 2 amide bonds. The van der Waals surface area contributed by atoms with E-state index in [0.29, 0.717) is 31.9 Å². The highest BCUT2D eigenvalue weighted by atomic mass is 16.4. The van der Waals surface area contributed by atoms with Gasteiger partial charge < -0.3 is 15.3 Å². The van der Waals surface area contributed by atoms with Crippen LogP contribution in [-0.2, 0) is 18.4 Å². The van der Waals surface area contributed by atoms with Crippen molar-refractivity contribution in [3.63, 3.8) is 0 Å². The molecule has 1 atom stereocenters. The number of carboxylic acid groups (broad SMARTS) is 1. The van der Waals surface area contributed by atoms with Gasteiger partial charge in [-0.15, -0.1) is 0 Å². The minimum Gasteiger partial charge on any atom is -0.481 e. The van der Waals surface area contributed by atoms with Crippen LogP contribution in [-0.4, -0.2) is 49.9 Å². The smallest absolute Gasteiger partial charge is 0.317 e. The Kier molecular flexibility index (Phi) is 4.54. The zero-order valence-electron chi connectivity index (χ0n) is 11.4. The Bertz CT molecular complexity index is 487. The van der Waals surface area contributed by atoms with Gasteiger partial charge in [0.05, 0.1) is 6.54 Å². The molecule has 1 aliphatic heterocycles. The van der Waals surface area contributed by atoms with Gasteiger partial charge in [-0.3, -0.25) is 9.48 Å². The van der Waals surface area contributed by atoms with Crippen molar-refractivity contribution in [1.29, 1.82) is 0 Å². The summed E-state index contributed by atoms with van der Waals surface area (Å²) in [6, 6.07) is -0.143. The number of likely N-dealkylation sites (tertiary alicyclic amines) is 1. The van der Waals surface area contributed by atoms with Crippen LogP contribution in [0.3, 0.4) is 0 Å². The van der Waals surface area contributed by atoms with Crippen molar-refractivity contribution in [3.05, 3.63) is 12.2 Å². The summed E-state index contributed by atoms with van der Waals surface area (Å²) in [5.41, 5.74) is 0. The SMILES string of the molecule is Cn1cnc(CNC(=O)N2CCC(CCC(=O)O)C2)n1. The molecule has 1 saturated heterocycles. The predicted octanol–water partition coefficient (Wildman–Crippen LogP) is 0.211. The van der Waals surface area contributed by atoms with Crippen LogP contribution in [0.15, 0.2) is 6.33 Å². The van der Waals surface area contributed by atoms with Gasteiger partial charge in [-0.05, 0) is 18.8 Å². The number of hydrogen-bond acceptors (Lipinski definition) is 4. The third kappa shape index (κ3) is 3.94. The molecule has 1 fully saturated rings. The first-order valence-corrected chi connectivity index (χ1v) is 6.63. The quantitative estimate of drug-likeness (QED) is 0.803. The molecule has 1 unspecified atom stereocenters. The van der Waals surface area contributed by atoms with Gasteiger partial charge in [-0.25, -0.2) is 9.78 Å². The van der Waals surface area contributed by atoms with E-state index in [4.69, 9.17) is 5.11 Å². The Balaban J connectivity index is 1.72. The lowest BCUT2D eigenvalue weighted by atomic mass is 10.0. The van der Waals surface area contributed by atoms with Gasteiger partial charge in [-0.2, -0.15) is 5.10 Å². The predicted molar refractivity (Wildman–Crippen MR) is 69.8 cm³/mol. The molecule has 1 aromatic rings. The van der Waals surface area contributed by atoms with E-state index in [1.807, 2.05) is 0 Å². The van der Waals surface area contributed by atoms with Gasteiger partial charge >= 0.3 is 12.0 Å². The van der Waals surface area contributed by atoms with Gasteiger partial charge in [0, 0.05) is 26.6 Å². The van der Waals surface area contributed by atoms with E-state index in [1.54, 1.807) is 23.0 Å².